The Morgan fingerprint density at radius 3 is 2.45 bits per heavy atom. The van der Waals surface area contributed by atoms with Crippen LogP contribution in [0.2, 0.25) is 0 Å². The van der Waals surface area contributed by atoms with Crippen molar-refractivity contribution in [1.29, 1.82) is 0 Å². The number of aliphatic hydroxyl groups excluding tert-OH is 1. The van der Waals surface area contributed by atoms with Crippen molar-refractivity contribution in [2.75, 3.05) is 19.6 Å². The van der Waals surface area contributed by atoms with Crippen molar-refractivity contribution < 1.29 is 5.11 Å². The summed E-state index contributed by atoms with van der Waals surface area (Å²) in [5.74, 6) is 2.20. The SMILES string of the molecule is CC(O)C1CC(NCC2CCCCC2)CN(C2CCC2C)C1. The van der Waals surface area contributed by atoms with Gasteiger partial charge in [0, 0.05) is 25.2 Å². The zero-order valence-corrected chi connectivity index (χ0v) is 14.6. The van der Waals surface area contributed by atoms with E-state index in [2.05, 4.69) is 17.1 Å². The van der Waals surface area contributed by atoms with E-state index >= 15 is 0 Å². The van der Waals surface area contributed by atoms with Gasteiger partial charge in [0.05, 0.1) is 6.10 Å². The lowest BCUT2D eigenvalue weighted by atomic mass is 9.77. The Labute approximate surface area is 136 Å². The third-order valence-corrected chi connectivity index (χ3v) is 6.66. The maximum absolute atomic E-state index is 10.1. The number of aliphatic hydroxyl groups is 1. The molecule has 3 rings (SSSR count). The molecule has 128 valence electrons. The van der Waals surface area contributed by atoms with Crippen LogP contribution in [0.4, 0.5) is 0 Å². The Morgan fingerprint density at radius 1 is 1.09 bits per heavy atom. The van der Waals surface area contributed by atoms with Gasteiger partial charge in [-0.05, 0) is 63.3 Å². The van der Waals surface area contributed by atoms with E-state index < -0.39 is 0 Å². The minimum atomic E-state index is -0.169. The standard InChI is InChI=1S/C19H36N2O/c1-14-8-9-19(14)21-12-17(15(2)22)10-18(13-21)20-11-16-6-4-3-5-7-16/h14-20,22H,3-13H2,1-2H3. The molecular formula is C19H36N2O. The van der Waals surface area contributed by atoms with Gasteiger partial charge in [-0.3, -0.25) is 4.90 Å². The van der Waals surface area contributed by atoms with Crippen molar-refractivity contribution in [3.05, 3.63) is 0 Å². The molecule has 0 bridgehead atoms. The molecule has 3 nitrogen and oxygen atoms in total. The van der Waals surface area contributed by atoms with Crippen LogP contribution >= 0.6 is 0 Å². The summed E-state index contributed by atoms with van der Waals surface area (Å²) in [5, 5.41) is 14.0. The molecule has 2 N–H and O–H groups in total. The van der Waals surface area contributed by atoms with Crippen molar-refractivity contribution in [3.63, 3.8) is 0 Å². The van der Waals surface area contributed by atoms with E-state index in [1.807, 2.05) is 6.92 Å². The van der Waals surface area contributed by atoms with Gasteiger partial charge in [0.1, 0.15) is 0 Å². The van der Waals surface area contributed by atoms with E-state index in [9.17, 15) is 5.11 Å². The lowest BCUT2D eigenvalue weighted by molar-refractivity contribution is -0.0109. The Balaban J connectivity index is 1.52. The first-order chi connectivity index (χ1) is 10.6. The topological polar surface area (TPSA) is 35.5 Å². The average molecular weight is 309 g/mol. The number of nitrogens with zero attached hydrogens (tertiary/aromatic N) is 1. The lowest BCUT2D eigenvalue weighted by Crippen LogP contribution is -2.58. The van der Waals surface area contributed by atoms with Gasteiger partial charge in [-0.15, -0.1) is 0 Å². The van der Waals surface area contributed by atoms with Crippen LogP contribution < -0.4 is 5.32 Å². The molecular weight excluding hydrogens is 272 g/mol. The van der Waals surface area contributed by atoms with Gasteiger partial charge in [0.15, 0.2) is 0 Å². The number of rotatable bonds is 5. The fraction of sp³-hybridized carbons (Fsp3) is 1.00. The highest BCUT2D eigenvalue weighted by Gasteiger charge is 2.38. The van der Waals surface area contributed by atoms with Crippen molar-refractivity contribution in [2.45, 2.75) is 83.4 Å². The first kappa shape index (κ1) is 16.7. The van der Waals surface area contributed by atoms with Crippen LogP contribution in [0.5, 0.6) is 0 Å². The molecule has 5 atom stereocenters. The van der Waals surface area contributed by atoms with E-state index in [0.29, 0.717) is 12.0 Å². The van der Waals surface area contributed by atoms with E-state index in [-0.39, 0.29) is 6.10 Å². The smallest absolute Gasteiger partial charge is 0.0553 e. The maximum Gasteiger partial charge on any atom is 0.0553 e. The molecule has 0 aromatic heterocycles. The molecule has 0 aromatic carbocycles. The van der Waals surface area contributed by atoms with Crippen LogP contribution in [0, 0.1) is 17.8 Å². The number of hydrogen-bond donors (Lipinski definition) is 2. The van der Waals surface area contributed by atoms with E-state index in [0.717, 1.165) is 30.8 Å². The second-order valence-electron chi connectivity index (χ2n) is 8.42. The summed E-state index contributed by atoms with van der Waals surface area (Å²) in [7, 11) is 0. The van der Waals surface area contributed by atoms with Gasteiger partial charge in [-0.2, -0.15) is 0 Å². The summed E-state index contributed by atoms with van der Waals surface area (Å²) in [4.78, 5) is 2.69. The van der Waals surface area contributed by atoms with Gasteiger partial charge in [-0.25, -0.2) is 0 Å². The quantitative estimate of drug-likeness (QED) is 0.819. The van der Waals surface area contributed by atoms with E-state index in [1.54, 1.807) is 0 Å². The third-order valence-electron chi connectivity index (χ3n) is 6.66. The van der Waals surface area contributed by atoms with Crippen LogP contribution in [0.1, 0.15) is 65.2 Å². The molecule has 0 amide bonds. The number of hydrogen-bond acceptors (Lipinski definition) is 3. The number of likely N-dealkylation sites (tertiary alicyclic amines) is 1. The predicted molar refractivity (Wildman–Crippen MR) is 91.9 cm³/mol. The van der Waals surface area contributed by atoms with Crippen LogP contribution in [-0.4, -0.2) is 47.8 Å². The molecule has 1 saturated heterocycles. The van der Waals surface area contributed by atoms with Crippen molar-refractivity contribution in [3.8, 4) is 0 Å². The molecule has 0 radical (unpaired) electrons. The van der Waals surface area contributed by atoms with E-state index in [4.69, 9.17) is 0 Å². The molecule has 3 heteroatoms. The number of piperidine rings is 1. The molecule has 1 aliphatic heterocycles. The monoisotopic (exact) mass is 308 g/mol. The van der Waals surface area contributed by atoms with Crippen molar-refractivity contribution >= 4 is 0 Å². The Morgan fingerprint density at radius 2 is 1.86 bits per heavy atom. The predicted octanol–water partition coefficient (Wildman–Crippen LogP) is 3.03. The van der Waals surface area contributed by atoms with E-state index in [1.165, 1.54) is 58.0 Å². The second-order valence-corrected chi connectivity index (χ2v) is 8.42. The normalized spacial score (nSPS) is 39.4. The molecule has 22 heavy (non-hydrogen) atoms. The zero-order chi connectivity index (χ0) is 15.5. The van der Waals surface area contributed by atoms with Crippen molar-refractivity contribution in [2.24, 2.45) is 17.8 Å². The van der Waals surface area contributed by atoms with Gasteiger partial charge >= 0.3 is 0 Å². The fourth-order valence-corrected chi connectivity index (χ4v) is 4.86. The summed E-state index contributed by atoms with van der Waals surface area (Å²) in [6.45, 7) is 7.88. The first-order valence-corrected chi connectivity index (χ1v) is 9.79. The maximum atomic E-state index is 10.1. The fourth-order valence-electron chi connectivity index (χ4n) is 4.86. The second kappa shape index (κ2) is 7.63. The van der Waals surface area contributed by atoms with Gasteiger partial charge in [0.2, 0.25) is 0 Å². The van der Waals surface area contributed by atoms with Crippen LogP contribution in [-0.2, 0) is 0 Å². The van der Waals surface area contributed by atoms with Crippen LogP contribution in [0.3, 0.4) is 0 Å². The Bertz CT molecular complexity index is 340. The zero-order valence-electron chi connectivity index (χ0n) is 14.6. The molecule has 5 unspecified atom stereocenters. The summed E-state index contributed by atoms with van der Waals surface area (Å²) < 4.78 is 0. The average Bonchev–Trinajstić information content (AvgIpc) is 2.52. The minimum Gasteiger partial charge on any atom is -0.393 e. The highest BCUT2D eigenvalue weighted by atomic mass is 16.3. The van der Waals surface area contributed by atoms with Gasteiger partial charge in [0.25, 0.3) is 0 Å². The van der Waals surface area contributed by atoms with Crippen molar-refractivity contribution in [1.82, 2.24) is 10.2 Å². The summed E-state index contributed by atoms with van der Waals surface area (Å²) in [6, 6.07) is 1.36. The molecule has 2 aliphatic carbocycles. The van der Waals surface area contributed by atoms with Gasteiger partial charge < -0.3 is 10.4 Å². The Hall–Kier alpha value is -0.120. The molecule has 3 fully saturated rings. The third kappa shape index (κ3) is 4.04. The van der Waals surface area contributed by atoms with Crippen LogP contribution in [0.15, 0.2) is 0 Å². The van der Waals surface area contributed by atoms with Crippen LogP contribution in [0.25, 0.3) is 0 Å². The molecule has 2 saturated carbocycles. The molecule has 1 heterocycles. The first-order valence-electron chi connectivity index (χ1n) is 9.79. The van der Waals surface area contributed by atoms with Gasteiger partial charge in [-0.1, -0.05) is 26.2 Å². The largest absolute Gasteiger partial charge is 0.393 e. The number of nitrogens with one attached hydrogen (secondary N) is 1. The Kier molecular flexibility index (Phi) is 5.80. The lowest BCUT2D eigenvalue weighted by Gasteiger charge is -2.49. The summed E-state index contributed by atoms with van der Waals surface area (Å²) >= 11 is 0. The molecule has 3 aliphatic rings. The molecule has 0 aromatic rings. The highest BCUT2D eigenvalue weighted by Crippen LogP contribution is 2.35. The molecule has 0 spiro atoms. The highest BCUT2D eigenvalue weighted by molar-refractivity contribution is 4.94. The summed E-state index contributed by atoms with van der Waals surface area (Å²) in [5.41, 5.74) is 0. The summed E-state index contributed by atoms with van der Waals surface area (Å²) in [6.07, 6.45) is 10.9. The minimum absolute atomic E-state index is 0.169.